The van der Waals surface area contributed by atoms with Gasteiger partial charge in [-0.05, 0) is 19.9 Å². The van der Waals surface area contributed by atoms with E-state index in [2.05, 4.69) is 21.8 Å². The predicted molar refractivity (Wildman–Crippen MR) is 75.2 cm³/mol. The summed E-state index contributed by atoms with van der Waals surface area (Å²) in [5, 5.41) is 0. The molecule has 0 bridgehead atoms. The van der Waals surface area contributed by atoms with Gasteiger partial charge in [0.25, 0.3) is 0 Å². The van der Waals surface area contributed by atoms with Gasteiger partial charge < -0.3 is 20.1 Å². The molecule has 1 rings (SSSR count). The molecule has 108 valence electrons. The summed E-state index contributed by atoms with van der Waals surface area (Å²) in [6.45, 7) is 6.37. The molecule has 0 saturated heterocycles. The number of ether oxygens (including phenoxy) is 2. The van der Waals surface area contributed by atoms with Gasteiger partial charge in [-0.3, -0.25) is 0 Å². The van der Waals surface area contributed by atoms with Crippen LogP contribution in [0, 0.1) is 6.92 Å². The van der Waals surface area contributed by atoms with Crippen molar-refractivity contribution in [3.05, 3.63) is 17.5 Å². The second-order valence-corrected chi connectivity index (χ2v) is 4.50. The molecule has 1 unspecified atom stereocenters. The zero-order valence-electron chi connectivity index (χ0n) is 12.2. The molecular formula is C13H24N4O2. The molecular weight excluding hydrogens is 244 g/mol. The fraction of sp³-hybridized carbons (Fsp3) is 0.692. The number of aromatic nitrogens is 2. The van der Waals surface area contributed by atoms with Crippen molar-refractivity contribution < 1.29 is 9.47 Å². The Morgan fingerprint density at radius 3 is 2.63 bits per heavy atom. The Bertz CT molecular complexity index is 387. The smallest absolute Gasteiger partial charge is 0.226 e. The molecule has 0 fully saturated rings. The summed E-state index contributed by atoms with van der Waals surface area (Å²) in [5.74, 6) is 0.682. The molecule has 0 aliphatic rings. The first kappa shape index (κ1) is 15.8. The number of hydrogen-bond acceptors (Lipinski definition) is 6. The van der Waals surface area contributed by atoms with Crippen LogP contribution in [0.15, 0.2) is 6.07 Å². The van der Waals surface area contributed by atoms with Crippen molar-refractivity contribution in [3.63, 3.8) is 0 Å². The Morgan fingerprint density at radius 1 is 1.32 bits per heavy atom. The number of nitrogens with two attached hydrogens (primary N) is 1. The largest absolute Gasteiger partial charge is 0.383 e. The van der Waals surface area contributed by atoms with Crippen molar-refractivity contribution in [1.82, 2.24) is 9.97 Å². The minimum absolute atomic E-state index is 0.174. The van der Waals surface area contributed by atoms with Crippen molar-refractivity contribution in [3.8, 4) is 0 Å². The predicted octanol–water partition coefficient (Wildman–Crippen LogP) is 0.731. The van der Waals surface area contributed by atoms with Gasteiger partial charge >= 0.3 is 0 Å². The van der Waals surface area contributed by atoms with Crippen LogP contribution in [0.5, 0.6) is 0 Å². The molecule has 0 aromatic carbocycles. The summed E-state index contributed by atoms with van der Waals surface area (Å²) >= 11 is 0. The van der Waals surface area contributed by atoms with E-state index < -0.39 is 0 Å². The number of aryl methyl sites for hydroxylation is 1. The van der Waals surface area contributed by atoms with Crippen LogP contribution in [-0.2, 0) is 16.0 Å². The Labute approximate surface area is 114 Å². The average molecular weight is 268 g/mol. The van der Waals surface area contributed by atoms with Crippen molar-refractivity contribution in [1.29, 1.82) is 0 Å². The van der Waals surface area contributed by atoms with Gasteiger partial charge in [-0.1, -0.05) is 0 Å². The highest BCUT2D eigenvalue weighted by molar-refractivity contribution is 5.34. The Kier molecular flexibility index (Phi) is 6.69. The van der Waals surface area contributed by atoms with Gasteiger partial charge in [-0.15, -0.1) is 0 Å². The summed E-state index contributed by atoms with van der Waals surface area (Å²) in [7, 11) is 3.37. The molecule has 0 radical (unpaired) electrons. The zero-order valence-corrected chi connectivity index (χ0v) is 12.2. The second kappa shape index (κ2) is 8.04. The zero-order chi connectivity index (χ0) is 14.3. The standard InChI is InChI=1S/C13H24N4O2/c1-10-7-12(8-14)16-13(15-10)17(5-6-18-3)11(2)9-19-4/h7,11H,5-6,8-9,14H2,1-4H3. The molecule has 1 heterocycles. The van der Waals surface area contributed by atoms with E-state index in [1.807, 2.05) is 13.0 Å². The SMILES string of the molecule is COCCN(c1nc(C)cc(CN)n1)C(C)COC. The van der Waals surface area contributed by atoms with Crippen molar-refractivity contribution in [2.45, 2.75) is 26.4 Å². The first-order chi connectivity index (χ1) is 9.12. The van der Waals surface area contributed by atoms with Crippen molar-refractivity contribution >= 4 is 5.95 Å². The minimum atomic E-state index is 0.174. The number of anilines is 1. The highest BCUT2D eigenvalue weighted by Gasteiger charge is 2.17. The van der Waals surface area contributed by atoms with E-state index in [1.54, 1.807) is 14.2 Å². The molecule has 0 spiro atoms. The van der Waals surface area contributed by atoms with E-state index in [-0.39, 0.29) is 6.04 Å². The van der Waals surface area contributed by atoms with Crippen LogP contribution in [0.25, 0.3) is 0 Å². The molecule has 2 N–H and O–H groups in total. The van der Waals surface area contributed by atoms with Crippen LogP contribution in [0.4, 0.5) is 5.95 Å². The molecule has 0 aliphatic heterocycles. The number of nitrogens with zero attached hydrogens (tertiary/aromatic N) is 3. The van der Waals surface area contributed by atoms with E-state index in [0.29, 0.717) is 32.3 Å². The van der Waals surface area contributed by atoms with Crippen LogP contribution in [0.2, 0.25) is 0 Å². The Balaban J connectivity index is 2.97. The molecule has 1 aromatic heterocycles. The van der Waals surface area contributed by atoms with Crippen LogP contribution in [-0.4, -0.2) is 50.0 Å². The third kappa shape index (κ3) is 4.74. The molecule has 0 amide bonds. The summed E-state index contributed by atoms with van der Waals surface area (Å²) in [6, 6.07) is 2.08. The monoisotopic (exact) mass is 268 g/mol. The van der Waals surface area contributed by atoms with Crippen LogP contribution < -0.4 is 10.6 Å². The number of methoxy groups -OCH3 is 2. The normalized spacial score (nSPS) is 12.5. The quantitative estimate of drug-likeness (QED) is 0.749. The Hall–Kier alpha value is -1.24. The molecule has 6 heteroatoms. The molecule has 19 heavy (non-hydrogen) atoms. The van der Waals surface area contributed by atoms with Gasteiger partial charge in [0.15, 0.2) is 0 Å². The third-order valence-electron chi connectivity index (χ3n) is 2.84. The van der Waals surface area contributed by atoms with Crippen LogP contribution in [0.3, 0.4) is 0 Å². The van der Waals surface area contributed by atoms with E-state index in [4.69, 9.17) is 15.2 Å². The van der Waals surface area contributed by atoms with E-state index in [9.17, 15) is 0 Å². The van der Waals surface area contributed by atoms with Gasteiger partial charge in [-0.2, -0.15) is 0 Å². The molecule has 6 nitrogen and oxygen atoms in total. The average Bonchev–Trinajstić information content (AvgIpc) is 2.39. The lowest BCUT2D eigenvalue weighted by molar-refractivity contribution is 0.170. The fourth-order valence-corrected chi connectivity index (χ4v) is 1.89. The van der Waals surface area contributed by atoms with Crippen molar-refractivity contribution in [2.75, 3.05) is 38.9 Å². The Morgan fingerprint density at radius 2 is 2.05 bits per heavy atom. The molecule has 1 aromatic rings. The summed E-state index contributed by atoms with van der Waals surface area (Å²) < 4.78 is 10.4. The van der Waals surface area contributed by atoms with Crippen LogP contribution >= 0.6 is 0 Å². The summed E-state index contributed by atoms with van der Waals surface area (Å²) in [5.41, 5.74) is 7.42. The first-order valence-corrected chi connectivity index (χ1v) is 6.41. The van der Waals surface area contributed by atoms with Gasteiger partial charge in [-0.25, -0.2) is 9.97 Å². The maximum Gasteiger partial charge on any atom is 0.226 e. The number of rotatable bonds is 8. The lowest BCUT2D eigenvalue weighted by atomic mass is 10.3. The lowest BCUT2D eigenvalue weighted by Crippen LogP contribution is -2.40. The molecule has 1 atom stereocenters. The molecule has 0 aliphatic carbocycles. The highest BCUT2D eigenvalue weighted by atomic mass is 16.5. The minimum Gasteiger partial charge on any atom is -0.383 e. The summed E-state index contributed by atoms with van der Waals surface area (Å²) in [4.78, 5) is 11.1. The highest BCUT2D eigenvalue weighted by Crippen LogP contribution is 2.13. The maximum absolute atomic E-state index is 5.66. The molecule has 0 saturated carbocycles. The summed E-state index contributed by atoms with van der Waals surface area (Å²) in [6.07, 6.45) is 0. The van der Waals surface area contributed by atoms with Gasteiger partial charge in [0.05, 0.1) is 24.9 Å². The van der Waals surface area contributed by atoms with Gasteiger partial charge in [0, 0.05) is 33.0 Å². The van der Waals surface area contributed by atoms with Gasteiger partial charge in [0.1, 0.15) is 0 Å². The van der Waals surface area contributed by atoms with E-state index in [0.717, 1.165) is 11.4 Å². The maximum atomic E-state index is 5.66. The van der Waals surface area contributed by atoms with Crippen LogP contribution in [0.1, 0.15) is 18.3 Å². The lowest BCUT2D eigenvalue weighted by Gasteiger charge is -2.29. The van der Waals surface area contributed by atoms with E-state index in [1.165, 1.54) is 0 Å². The third-order valence-corrected chi connectivity index (χ3v) is 2.84. The number of hydrogen-bond donors (Lipinski definition) is 1. The topological polar surface area (TPSA) is 73.5 Å². The second-order valence-electron chi connectivity index (χ2n) is 4.50. The van der Waals surface area contributed by atoms with E-state index >= 15 is 0 Å². The fourth-order valence-electron chi connectivity index (χ4n) is 1.89. The van der Waals surface area contributed by atoms with Crippen molar-refractivity contribution in [2.24, 2.45) is 5.73 Å². The van der Waals surface area contributed by atoms with Gasteiger partial charge in [0.2, 0.25) is 5.95 Å². The first-order valence-electron chi connectivity index (χ1n) is 6.41.